The first-order valence-corrected chi connectivity index (χ1v) is 9.19. The van der Waals surface area contributed by atoms with E-state index in [0.717, 1.165) is 17.0 Å². The van der Waals surface area contributed by atoms with E-state index < -0.39 is 35.2 Å². The van der Waals surface area contributed by atoms with Crippen LogP contribution in [0.15, 0.2) is 65.7 Å². The Kier molecular flexibility index (Phi) is 4.96. The van der Waals surface area contributed by atoms with Gasteiger partial charge in [-0.2, -0.15) is 0 Å². The highest BCUT2D eigenvalue weighted by atomic mass is 19.3. The lowest BCUT2D eigenvalue weighted by molar-refractivity contribution is -0.129. The predicted molar refractivity (Wildman–Crippen MR) is 106 cm³/mol. The Morgan fingerprint density at radius 1 is 1.03 bits per heavy atom. The molecule has 1 aliphatic rings. The third-order valence-corrected chi connectivity index (χ3v) is 5.14. The number of benzene rings is 2. The molecule has 0 saturated heterocycles. The average Bonchev–Trinajstić information content (AvgIpc) is 3.01. The summed E-state index contributed by atoms with van der Waals surface area (Å²) >= 11 is 0. The van der Waals surface area contributed by atoms with E-state index in [1.165, 1.54) is 25.2 Å². The summed E-state index contributed by atoms with van der Waals surface area (Å²) < 4.78 is 55.9. The molecule has 0 radical (unpaired) electrons. The molecule has 1 atom stereocenters. The largest absolute Gasteiger partial charge is 0.369 e. The number of alkyl halides is 2. The minimum atomic E-state index is -2.91. The molecule has 5 nitrogen and oxygen atoms in total. The summed E-state index contributed by atoms with van der Waals surface area (Å²) in [5.74, 6) is -3.28. The number of hydrogen-bond acceptors (Lipinski definition) is 4. The molecule has 0 aliphatic carbocycles. The van der Waals surface area contributed by atoms with Crippen LogP contribution in [-0.4, -0.2) is 28.8 Å². The lowest BCUT2D eigenvalue weighted by Crippen LogP contribution is -2.41. The maximum Gasteiger partial charge on any atom is 0.280 e. The Morgan fingerprint density at radius 2 is 1.74 bits per heavy atom. The van der Waals surface area contributed by atoms with Crippen molar-refractivity contribution in [3.05, 3.63) is 89.2 Å². The number of pyridine rings is 1. The van der Waals surface area contributed by atoms with E-state index in [9.17, 15) is 22.4 Å². The van der Waals surface area contributed by atoms with E-state index in [-0.39, 0.29) is 22.8 Å². The summed E-state index contributed by atoms with van der Waals surface area (Å²) in [5, 5.41) is 0. The topological polar surface area (TPSA) is 71.6 Å². The second-order valence-corrected chi connectivity index (χ2v) is 6.98. The fourth-order valence-corrected chi connectivity index (χ4v) is 3.54. The highest BCUT2D eigenvalue weighted by molar-refractivity contribution is 6.08. The van der Waals surface area contributed by atoms with Crippen molar-refractivity contribution in [2.75, 3.05) is 7.05 Å². The molecule has 1 amide bonds. The van der Waals surface area contributed by atoms with Crippen LogP contribution in [0.5, 0.6) is 0 Å². The van der Waals surface area contributed by atoms with Gasteiger partial charge in [-0.25, -0.2) is 27.5 Å². The minimum Gasteiger partial charge on any atom is -0.369 e. The molecule has 2 N–H and O–H groups in total. The number of likely N-dealkylation sites (N-methyl/N-ethyl adjacent to an activating group) is 1. The summed E-state index contributed by atoms with van der Waals surface area (Å²) in [7, 11) is 1.35. The van der Waals surface area contributed by atoms with Crippen molar-refractivity contribution in [3.8, 4) is 11.1 Å². The molecule has 158 valence electrons. The Morgan fingerprint density at radius 3 is 2.35 bits per heavy atom. The van der Waals surface area contributed by atoms with Crippen LogP contribution in [0.2, 0.25) is 0 Å². The third-order valence-electron chi connectivity index (χ3n) is 5.14. The number of carbonyl (C=O) groups is 1. The summed E-state index contributed by atoms with van der Waals surface area (Å²) in [4.78, 5) is 22.4. The normalized spacial score (nSPS) is 18.6. The fraction of sp³-hybridized carbons (Fsp3) is 0.136. The number of amides is 1. The zero-order chi connectivity index (χ0) is 22.3. The predicted octanol–water partition coefficient (Wildman–Crippen LogP) is 3.99. The molecule has 0 bridgehead atoms. The second kappa shape index (κ2) is 7.50. The maximum atomic E-state index is 14.7. The Balaban J connectivity index is 2.02. The number of nitrogens with zero attached hydrogens (tertiary/aromatic N) is 3. The smallest absolute Gasteiger partial charge is 0.280 e. The molecule has 9 heteroatoms. The SMILES string of the molecule is CN1C(=O)C(c2cc(F)c(F)c(-c3ccccc3)c2)(c2cccc(C(F)F)n2)N=C1N. The number of nitrogens with two attached hydrogens (primary N) is 1. The number of rotatable bonds is 4. The van der Waals surface area contributed by atoms with Gasteiger partial charge in [0.2, 0.25) is 5.54 Å². The first-order chi connectivity index (χ1) is 14.8. The molecule has 1 aromatic heterocycles. The van der Waals surface area contributed by atoms with Gasteiger partial charge in [-0.05, 0) is 35.4 Å². The standard InChI is InChI=1S/C22H16F4N4O/c1-30-20(31)22(29-21(30)27,17-9-5-8-16(28-17)19(25)26)13-10-14(18(24)15(23)11-13)12-6-3-2-4-7-12/h2-11,19H,1H3,(H2,27,29). The van der Waals surface area contributed by atoms with E-state index in [1.807, 2.05) is 0 Å². The molecule has 31 heavy (non-hydrogen) atoms. The Labute approximate surface area is 174 Å². The molecule has 0 saturated carbocycles. The molecule has 2 heterocycles. The second-order valence-electron chi connectivity index (χ2n) is 6.98. The van der Waals surface area contributed by atoms with Crippen molar-refractivity contribution in [1.82, 2.24) is 9.88 Å². The van der Waals surface area contributed by atoms with Crippen LogP contribution in [0.1, 0.15) is 23.4 Å². The van der Waals surface area contributed by atoms with Gasteiger partial charge in [0.05, 0.1) is 5.69 Å². The van der Waals surface area contributed by atoms with E-state index >= 15 is 0 Å². The highest BCUT2D eigenvalue weighted by Crippen LogP contribution is 2.41. The van der Waals surface area contributed by atoms with E-state index in [0.29, 0.717) is 5.56 Å². The number of aromatic nitrogens is 1. The van der Waals surface area contributed by atoms with E-state index in [1.54, 1.807) is 30.3 Å². The molecule has 0 spiro atoms. The number of aliphatic imine (C=N–C) groups is 1. The van der Waals surface area contributed by atoms with Gasteiger partial charge >= 0.3 is 0 Å². The van der Waals surface area contributed by atoms with Gasteiger partial charge in [-0.1, -0.05) is 36.4 Å². The number of carbonyl (C=O) groups excluding carboxylic acids is 1. The minimum absolute atomic E-state index is 0.0820. The van der Waals surface area contributed by atoms with Crippen molar-refractivity contribution in [2.24, 2.45) is 10.7 Å². The van der Waals surface area contributed by atoms with Crippen molar-refractivity contribution >= 4 is 11.9 Å². The van der Waals surface area contributed by atoms with Gasteiger partial charge in [0.15, 0.2) is 17.6 Å². The zero-order valence-corrected chi connectivity index (χ0v) is 16.2. The number of halogens is 4. The van der Waals surface area contributed by atoms with Crippen molar-refractivity contribution in [1.29, 1.82) is 0 Å². The molecule has 3 aromatic rings. The molecule has 0 fully saturated rings. The molecule has 2 aromatic carbocycles. The lowest BCUT2D eigenvalue weighted by Gasteiger charge is -2.26. The summed E-state index contributed by atoms with van der Waals surface area (Å²) in [5.41, 5.74) is 3.21. The molecular weight excluding hydrogens is 412 g/mol. The van der Waals surface area contributed by atoms with Crippen molar-refractivity contribution < 1.29 is 22.4 Å². The summed E-state index contributed by atoms with van der Waals surface area (Å²) in [6.45, 7) is 0. The van der Waals surface area contributed by atoms with E-state index in [4.69, 9.17) is 5.73 Å². The molecule has 1 aliphatic heterocycles. The first kappa shape index (κ1) is 20.5. The molecule has 4 rings (SSSR count). The first-order valence-electron chi connectivity index (χ1n) is 9.19. The van der Waals surface area contributed by atoms with Gasteiger partial charge in [0.25, 0.3) is 12.3 Å². The number of guanidine groups is 1. The third kappa shape index (κ3) is 3.22. The molecular formula is C22H16F4N4O. The maximum absolute atomic E-state index is 14.7. The van der Waals surface area contributed by atoms with Gasteiger partial charge in [-0.3, -0.25) is 9.69 Å². The Bertz CT molecular complexity index is 1200. The van der Waals surface area contributed by atoms with Gasteiger partial charge in [0.1, 0.15) is 5.69 Å². The van der Waals surface area contributed by atoms with Gasteiger partial charge < -0.3 is 5.73 Å². The van der Waals surface area contributed by atoms with Crippen molar-refractivity contribution in [3.63, 3.8) is 0 Å². The van der Waals surface area contributed by atoms with Crippen LogP contribution >= 0.6 is 0 Å². The fourth-order valence-electron chi connectivity index (χ4n) is 3.54. The average molecular weight is 428 g/mol. The highest BCUT2D eigenvalue weighted by Gasteiger charge is 2.51. The number of hydrogen-bond donors (Lipinski definition) is 1. The summed E-state index contributed by atoms with van der Waals surface area (Å²) in [6, 6.07) is 13.9. The van der Waals surface area contributed by atoms with Crippen LogP contribution in [0.25, 0.3) is 11.1 Å². The zero-order valence-electron chi connectivity index (χ0n) is 16.2. The van der Waals surface area contributed by atoms with Crippen LogP contribution < -0.4 is 5.73 Å². The quantitative estimate of drug-likeness (QED) is 0.639. The van der Waals surface area contributed by atoms with Crippen LogP contribution in [0.3, 0.4) is 0 Å². The van der Waals surface area contributed by atoms with Gasteiger partial charge in [0, 0.05) is 12.6 Å². The summed E-state index contributed by atoms with van der Waals surface area (Å²) in [6.07, 6.45) is -2.91. The molecule has 1 unspecified atom stereocenters. The van der Waals surface area contributed by atoms with Crippen LogP contribution in [0, 0.1) is 11.6 Å². The van der Waals surface area contributed by atoms with Gasteiger partial charge in [-0.15, -0.1) is 0 Å². The monoisotopic (exact) mass is 428 g/mol. The lowest BCUT2D eigenvalue weighted by atomic mass is 9.84. The Hall–Kier alpha value is -3.75. The van der Waals surface area contributed by atoms with Crippen LogP contribution in [-0.2, 0) is 10.3 Å². The van der Waals surface area contributed by atoms with Crippen LogP contribution in [0.4, 0.5) is 17.6 Å². The van der Waals surface area contributed by atoms with E-state index in [2.05, 4.69) is 9.98 Å². The van der Waals surface area contributed by atoms with Crippen molar-refractivity contribution in [2.45, 2.75) is 12.0 Å².